The predicted octanol–water partition coefficient (Wildman–Crippen LogP) is 1.39. The van der Waals surface area contributed by atoms with E-state index < -0.39 is 18.2 Å². The van der Waals surface area contributed by atoms with Crippen molar-refractivity contribution in [2.45, 2.75) is 24.7 Å². The molecule has 3 atom stereocenters. The van der Waals surface area contributed by atoms with Crippen molar-refractivity contribution >= 4 is 5.91 Å². The van der Waals surface area contributed by atoms with E-state index in [0.29, 0.717) is 17.7 Å². The van der Waals surface area contributed by atoms with E-state index in [-0.39, 0.29) is 12.5 Å². The third-order valence-electron chi connectivity index (χ3n) is 3.96. The smallest absolute Gasteiger partial charge is 0.254 e. The van der Waals surface area contributed by atoms with Crippen molar-refractivity contribution in [1.82, 2.24) is 9.88 Å². The average molecular weight is 298 g/mol. The molecule has 3 rings (SSSR count). The lowest BCUT2D eigenvalue weighted by atomic mass is 10.0. The number of benzene rings is 1. The number of pyridine rings is 1. The summed E-state index contributed by atoms with van der Waals surface area (Å²) in [7, 11) is 0. The Balaban J connectivity index is 1.85. The molecule has 1 aliphatic heterocycles. The van der Waals surface area contributed by atoms with Gasteiger partial charge in [0.15, 0.2) is 0 Å². The van der Waals surface area contributed by atoms with Gasteiger partial charge in [-0.05, 0) is 30.7 Å². The maximum atomic E-state index is 12.6. The second-order valence-corrected chi connectivity index (χ2v) is 5.48. The maximum Gasteiger partial charge on any atom is 0.254 e. The summed E-state index contributed by atoms with van der Waals surface area (Å²) in [4.78, 5) is 18.3. The molecule has 114 valence electrons. The molecule has 1 fully saturated rings. The van der Waals surface area contributed by atoms with Gasteiger partial charge < -0.3 is 15.1 Å². The molecule has 0 spiro atoms. The van der Waals surface area contributed by atoms with Crippen LogP contribution in [0, 0.1) is 0 Å². The number of β-amino-alcohol motifs (C(OH)–C–C–N with tert-alkyl or cyclic N) is 1. The number of carbonyl (C=O) groups excluding carboxylic acids is 1. The molecule has 0 saturated carbocycles. The van der Waals surface area contributed by atoms with Crippen molar-refractivity contribution in [2.24, 2.45) is 0 Å². The summed E-state index contributed by atoms with van der Waals surface area (Å²) >= 11 is 0. The first-order chi connectivity index (χ1) is 10.7. The molecule has 1 aliphatic rings. The molecular weight excluding hydrogens is 280 g/mol. The molecule has 1 aromatic carbocycles. The molecule has 0 bridgehead atoms. The highest BCUT2D eigenvalue weighted by atomic mass is 16.3. The minimum absolute atomic E-state index is 0.183. The van der Waals surface area contributed by atoms with Gasteiger partial charge in [0, 0.05) is 18.3 Å². The number of hydrogen-bond acceptors (Lipinski definition) is 4. The summed E-state index contributed by atoms with van der Waals surface area (Å²) in [5, 5.41) is 20.5. The Morgan fingerprint density at radius 2 is 1.91 bits per heavy atom. The fraction of sp³-hybridized carbons (Fsp3) is 0.294. The first-order valence-corrected chi connectivity index (χ1v) is 7.30. The summed E-state index contributed by atoms with van der Waals surface area (Å²) < 4.78 is 0. The first-order valence-electron chi connectivity index (χ1n) is 7.30. The van der Waals surface area contributed by atoms with Crippen molar-refractivity contribution in [3.05, 3.63) is 66.0 Å². The highest BCUT2D eigenvalue weighted by molar-refractivity contribution is 5.94. The van der Waals surface area contributed by atoms with E-state index in [9.17, 15) is 15.0 Å². The zero-order valence-corrected chi connectivity index (χ0v) is 12.0. The van der Waals surface area contributed by atoms with Gasteiger partial charge >= 0.3 is 0 Å². The van der Waals surface area contributed by atoms with Crippen LogP contribution in [0.15, 0.2) is 54.7 Å². The number of aromatic nitrogens is 1. The van der Waals surface area contributed by atoms with E-state index in [0.717, 1.165) is 0 Å². The van der Waals surface area contributed by atoms with Crippen LogP contribution < -0.4 is 0 Å². The van der Waals surface area contributed by atoms with Gasteiger partial charge in [0.1, 0.15) is 6.10 Å². The highest BCUT2D eigenvalue weighted by Gasteiger charge is 2.39. The van der Waals surface area contributed by atoms with Crippen LogP contribution >= 0.6 is 0 Å². The van der Waals surface area contributed by atoms with Gasteiger partial charge in [-0.15, -0.1) is 0 Å². The van der Waals surface area contributed by atoms with Crippen LogP contribution in [0.1, 0.15) is 28.6 Å². The topological polar surface area (TPSA) is 73.7 Å². The Bertz CT molecular complexity index is 633. The van der Waals surface area contributed by atoms with Gasteiger partial charge in [0.2, 0.25) is 0 Å². The fourth-order valence-corrected chi connectivity index (χ4v) is 2.87. The van der Waals surface area contributed by atoms with Gasteiger partial charge in [0.25, 0.3) is 5.91 Å². The molecular formula is C17H18N2O3. The van der Waals surface area contributed by atoms with E-state index in [1.54, 1.807) is 53.6 Å². The minimum atomic E-state index is -0.911. The Morgan fingerprint density at radius 1 is 1.18 bits per heavy atom. The van der Waals surface area contributed by atoms with Crippen molar-refractivity contribution < 1.29 is 15.0 Å². The molecule has 1 amide bonds. The van der Waals surface area contributed by atoms with Crippen LogP contribution in [0.3, 0.4) is 0 Å². The van der Waals surface area contributed by atoms with Crippen molar-refractivity contribution in [3.63, 3.8) is 0 Å². The van der Waals surface area contributed by atoms with Gasteiger partial charge in [-0.3, -0.25) is 9.78 Å². The summed E-state index contributed by atoms with van der Waals surface area (Å²) in [6.45, 7) is 0.224. The lowest BCUT2D eigenvalue weighted by Crippen LogP contribution is -2.39. The Morgan fingerprint density at radius 3 is 2.59 bits per heavy atom. The number of amides is 1. The second kappa shape index (κ2) is 6.25. The van der Waals surface area contributed by atoms with Crippen molar-refractivity contribution in [3.8, 4) is 0 Å². The molecule has 5 heteroatoms. The van der Waals surface area contributed by atoms with Crippen LogP contribution in [0.2, 0.25) is 0 Å². The van der Waals surface area contributed by atoms with Gasteiger partial charge in [-0.25, -0.2) is 0 Å². The van der Waals surface area contributed by atoms with Crippen LogP contribution in [-0.2, 0) is 0 Å². The van der Waals surface area contributed by atoms with Crippen LogP contribution in [0.25, 0.3) is 0 Å². The number of hydrogen-bond donors (Lipinski definition) is 2. The van der Waals surface area contributed by atoms with E-state index in [2.05, 4.69) is 4.98 Å². The van der Waals surface area contributed by atoms with Gasteiger partial charge in [-0.1, -0.05) is 24.3 Å². The highest BCUT2D eigenvalue weighted by Crippen LogP contribution is 2.30. The Labute approximate surface area is 128 Å². The number of aliphatic hydroxyl groups is 2. The zero-order chi connectivity index (χ0) is 15.5. The molecule has 1 saturated heterocycles. The third-order valence-corrected chi connectivity index (χ3v) is 3.96. The number of rotatable bonds is 3. The Kier molecular flexibility index (Phi) is 4.18. The standard InChI is InChI=1S/C17H18N2O3/c20-13-10-15(16(21)14-8-4-5-9-18-14)19(11-13)17(22)12-6-2-1-3-7-12/h1-9,13,15-16,20-21H,10-11H2/t13-,15-,16+/m1/s1. The molecule has 0 aliphatic carbocycles. The molecule has 1 aromatic heterocycles. The summed E-state index contributed by atoms with van der Waals surface area (Å²) in [5.74, 6) is -0.183. The largest absolute Gasteiger partial charge is 0.391 e. The predicted molar refractivity (Wildman–Crippen MR) is 81.1 cm³/mol. The monoisotopic (exact) mass is 298 g/mol. The molecule has 0 unspecified atom stereocenters. The average Bonchev–Trinajstić information content (AvgIpc) is 2.97. The van der Waals surface area contributed by atoms with Gasteiger partial charge in [-0.2, -0.15) is 0 Å². The lowest BCUT2D eigenvalue weighted by molar-refractivity contribution is 0.0473. The number of aliphatic hydroxyl groups excluding tert-OH is 2. The van der Waals surface area contributed by atoms with Crippen molar-refractivity contribution in [2.75, 3.05) is 6.54 Å². The van der Waals surface area contributed by atoms with Crippen LogP contribution in [0.4, 0.5) is 0 Å². The molecule has 2 heterocycles. The van der Waals surface area contributed by atoms with E-state index in [4.69, 9.17) is 0 Å². The van der Waals surface area contributed by atoms with E-state index in [1.807, 2.05) is 6.07 Å². The number of likely N-dealkylation sites (tertiary alicyclic amines) is 1. The quantitative estimate of drug-likeness (QED) is 0.898. The van der Waals surface area contributed by atoms with Gasteiger partial charge in [0.05, 0.1) is 17.8 Å². The normalized spacial score (nSPS) is 22.5. The first kappa shape index (κ1) is 14.7. The molecule has 2 N–H and O–H groups in total. The van der Waals surface area contributed by atoms with E-state index in [1.165, 1.54) is 0 Å². The SMILES string of the molecule is O=C(c1ccccc1)N1C[C@H](O)C[C@@H]1[C@@H](O)c1ccccn1. The van der Waals surface area contributed by atoms with Crippen LogP contribution in [0.5, 0.6) is 0 Å². The number of carbonyl (C=O) groups is 1. The fourth-order valence-electron chi connectivity index (χ4n) is 2.87. The summed E-state index contributed by atoms with van der Waals surface area (Å²) in [6.07, 6.45) is 0.408. The van der Waals surface area contributed by atoms with Crippen molar-refractivity contribution in [1.29, 1.82) is 0 Å². The third kappa shape index (κ3) is 2.86. The summed E-state index contributed by atoms with van der Waals surface area (Å²) in [6, 6.07) is 13.7. The van der Waals surface area contributed by atoms with Crippen LogP contribution in [-0.4, -0.2) is 44.7 Å². The number of nitrogens with zero attached hydrogens (tertiary/aromatic N) is 2. The molecule has 0 radical (unpaired) electrons. The molecule has 5 nitrogen and oxygen atoms in total. The summed E-state index contributed by atoms with van der Waals surface area (Å²) in [5.41, 5.74) is 1.06. The molecule has 22 heavy (non-hydrogen) atoms. The maximum absolute atomic E-state index is 12.6. The zero-order valence-electron chi connectivity index (χ0n) is 12.0. The van der Waals surface area contributed by atoms with E-state index >= 15 is 0 Å². The minimum Gasteiger partial charge on any atom is -0.391 e. The Hall–Kier alpha value is -2.24. The molecule has 2 aromatic rings. The second-order valence-electron chi connectivity index (χ2n) is 5.48. The lowest BCUT2D eigenvalue weighted by Gasteiger charge is -2.28.